The van der Waals surface area contributed by atoms with Crippen LogP contribution < -0.4 is 10.1 Å². The van der Waals surface area contributed by atoms with Crippen LogP contribution in [0.25, 0.3) is 0 Å². The Morgan fingerprint density at radius 3 is 2.33 bits per heavy atom. The number of amides is 1. The average Bonchev–Trinajstić information content (AvgIpc) is 2.94. The number of rotatable bonds is 4. The molecule has 0 unspecified atom stereocenters. The summed E-state index contributed by atoms with van der Waals surface area (Å²) in [5.74, 6) is -1.54. The molecule has 0 radical (unpaired) electrons. The maximum absolute atomic E-state index is 12.8. The number of methoxy groups -OCH3 is 1. The van der Waals surface area contributed by atoms with Crippen molar-refractivity contribution in [1.29, 1.82) is 15.8 Å². The third-order valence-corrected chi connectivity index (χ3v) is 6.03. The Morgan fingerprint density at radius 1 is 1.22 bits per heavy atom. The highest BCUT2D eigenvalue weighted by Crippen LogP contribution is 2.65. The van der Waals surface area contributed by atoms with Crippen LogP contribution in [0.15, 0.2) is 24.3 Å². The van der Waals surface area contributed by atoms with E-state index in [1.807, 2.05) is 25.1 Å². The molecule has 0 aromatic heterocycles. The molecule has 3 rings (SSSR count). The fourth-order valence-corrected chi connectivity index (χ4v) is 4.76. The lowest BCUT2D eigenvalue weighted by atomic mass is 9.48. The molecule has 138 valence electrons. The summed E-state index contributed by atoms with van der Waals surface area (Å²) in [5.41, 5.74) is -4.86. The van der Waals surface area contributed by atoms with Gasteiger partial charge in [-0.1, -0.05) is 25.5 Å². The van der Waals surface area contributed by atoms with Crippen LogP contribution in [0.1, 0.15) is 37.7 Å². The zero-order chi connectivity index (χ0) is 19.9. The number of nitrogens with zero attached hydrogens (tertiary/aromatic N) is 3. The van der Waals surface area contributed by atoms with E-state index in [0.717, 1.165) is 0 Å². The topological polar surface area (TPSA) is 130 Å². The van der Waals surface area contributed by atoms with Crippen molar-refractivity contribution >= 4 is 5.91 Å². The molecule has 7 nitrogen and oxygen atoms in total. The first kappa shape index (κ1) is 18.7. The van der Waals surface area contributed by atoms with Gasteiger partial charge in [-0.25, -0.2) is 0 Å². The number of carbonyl (C=O) groups excluding carboxylic acids is 1. The number of nitriles is 3. The summed E-state index contributed by atoms with van der Waals surface area (Å²) in [4.78, 5) is 12.8. The van der Waals surface area contributed by atoms with Crippen molar-refractivity contribution in [3.8, 4) is 24.0 Å². The van der Waals surface area contributed by atoms with Crippen LogP contribution in [0.4, 0.5) is 0 Å². The van der Waals surface area contributed by atoms with E-state index in [4.69, 9.17) is 4.74 Å². The molecule has 1 saturated heterocycles. The number of carbonyl (C=O) groups is 1. The Labute approximate surface area is 157 Å². The molecule has 1 aromatic carbocycles. The van der Waals surface area contributed by atoms with Crippen molar-refractivity contribution in [1.82, 2.24) is 5.32 Å². The van der Waals surface area contributed by atoms with Crippen LogP contribution in [0.3, 0.4) is 0 Å². The van der Waals surface area contributed by atoms with Gasteiger partial charge in [0.2, 0.25) is 5.91 Å². The summed E-state index contributed by atoms with van der Waals surface area (Å²) in [5, 5.41) is 43.7. The van der Waals surface area contributed by atoms with Crippen molar-refractivity contribution in [3.63, 3.8) is 0 Å². The van der Waals surface area contributed by atoms with Gasteiger partial charge in [0.1, 0.15) is 11.5 Å². The summed E-state index contributed by atoms with van der Waals surface area (Å²) in [6.45, 7) is 1.93. The van der Waals surface area contributed by atoms with E-state index in [1.165, 1.54) is 7.11 Å². The Bertz CT molecular complexity index is 878. The number of hydrogen-bond acceptors (Lipinski definition) is 6. The smallest absolute Gasteiger partial charge is 0.245 e. The predicted molar refractivity (Wildman–Crippen MR) is 93.5 cm³/mol. The first-order valence-corrected chi connectivity index (χ1v) is 8.80. The molecule has 7 heteroatoms. The number of benzene rings is 1. The molecule has 2 bridgehead atoms. The number of fused-ring (bicyclic) bond motifs is 2. The van der Waals surface area contributed by atoms with Gasteiger partial charge in [0.15, 0.2) is 10.8 Å². The Morgan fingerprint density at radius 2 is 1.85 bits per heavy atom. The summed E-state index contributed by atoms with van der Waals surface area (Å²) < 4.78 is 5.17. The molecule has 1 aromatic rings. The molecule has 2 aliphatic rings. The molecular formula is C20H20N4O3. The van der Waals surface area contributed by atoms with Gasteiger partial charge in [-0.15, -0.1) is 0 Å². The molecule has 1 aliphatic heterocycles. The molecule has 2 N–H and O–H groups in total. The summed E-state index contributed by atoms with van der Waals surface area (Å²) in [6, 6.07) is 12.8. The molecule has 1 heterocycles. The molecule has 1 amide bonds. The van der Waals surface area contributed by atoms with Gasteiger partial charge in [-0.05, 0) is 24.1 Å². The van der Waals surface area contributed by atoms with Crippen LogP contribution in [0, 0.1) is 50.7 Å². The predicted octanol–water partition coefficient (Wildman–Crippen LogP) is 1.96. The van der Waals surface area contributed by atoms with Crippen LogP contribution >= 0.6 is 0 Å². The van der Waals surface area contributed by atoms with Gasteiger partial charge in [0.25, 0.3) is 0 Å². The molecule has 1 aliphatic carbocycles. The molecular weight excluding hydrogens is 344 g/mol. The molecule has 2 fully saturated rings. The van der Waals surface area contributed by atoms with Gasteiger partial charge in [0, 0.05) is 18.3 Å². The number of hydrogen-bond donors (Lipinski definition) is 2. The number of nitrogens with one attached hydrogen (secondary N) is 1. The van der Waals surface area contributed by atoms with Gasteiger partial charge < -0.3 is 15.2 Å². The van der Waals surface area contributed by atoms with Crippen LogP contribution in [0.2, 0.25) is 0 Å². The lowest BCUT2D eigenvalue weighted by Crippen LogP contribution is -2.57. The first-order chi connectivity index (χ1) is 12.9. The van der Waals surface area contributed by atoms with E-state index in [1.54, 1.807) is 24.3 Å². The van der Waals surface area contributed by atoms with E-state index in [9.17, 15) is 25.7 Å². The zero-order valence-electron chi connectivity index (χ0n) is 15.2. The standard InChI is InChI=1S/C20H20N4O3/c1-3-4-15-16(13-5-7-14(27-2)8-6-13)19(11-22,12-23)18(10-21)9-20(15,26)24-17(18)25/h5-8,15-16,26H,3-4,9H2,1-2H3,(H,24,25)/t15-,16+,18+,20-/m1/s1. The SMILES string of the molecule is CCC[C@@H]1[C@H](c2ccc(OC)cc2)C(C#N)(C#N)[C@]2(C#N)C[C@]1(O)NC2=O. The minimum Gasteiger partial charge on any atom is -0.497 e. The summed E-state index contributed by atoms with van der Waals surface area (Å²) in [7, 11) is 1.53. The third kappa shape index (κ3) is 2.24. The minimum absolute atomic E-state index is 0.270. The second-order valence-electron chi connectivity index (χ2n) is 7.25. The lowest BCUT2D eigenvalue weighted by Gasteiger charge is -2.49. The Balaban J connectivity index is 2.31. The monoisotopic (exact) mass is 364 g/mol. The lowest BCUT2D eigenvalue weighted by molar-refractivity contribution is -0.128. The zero-order valence-corrected chi connectivity index (χ0v) is 15.2. The van der Waals surface area contributed by atoms with Crippen molar-refractivity contribution in [2.75, 3.05) is 7.11 Å². The molecule has 27 heavy (non-hydrogen) atoms. The van der Waals surface area contributed by atoms with Gasteiger partial charge in [-0.2, -0.15) is 15.8 Å². The maximum Gasteiger partial charge on any atom is 0.245 e. The number of ether oxygens (including phenoxy) is 1. The van der Waals surface area contributed by atoms with E-state index < -0.39 is 34.3 Å². The highest BCUT2D eigenvalue weighted by molar-refractivity contribution is 5.92. The Kier molecular flexibility index (Phi) is 4.34. The Hall–Kier alpha value is -3.08. The summed E-state index contributed by atoms with van der Waals surface area (Å²) in [6.07, 6.45) is 0.899. The highest BCUT2D eigenvalue weighted by atomic mass is 16.5. The number of aliphatic hydroxyl groups is 1. The fraction of sp³-hybridized carbons (Fsp3) is 0.500. The maximum atomic E-state index is 12.8. The average molecular weight is 364 g/mol. The van der Waals surface area contributed by atoms with E-state index in [0.29, 0.717) is 24.2 Å². The second-order valence-corrected chi connectivity index (χ2v) is 7.25. The third-order valence-electron chi connectivity index (χ3n) is 6.03. The van der Waals surface area contributed by atoms with Crippen LogP contribution in [0.5, 0.6) is 5.75 Å². The second kappa shape index (κ2) is 6.27. The normalized spacial score (nSPS) is 33.3. The fourth-order valence-electron chi connectivity index (χ4n) is 4.76. The summed E-state index contributed by atoms with van der Waals surface area (Å²) >= 11 is 0. The molecule has 4 atom stereocenters. The quantitative estimate of drug-likeness (QED) is 0.840. The van der Waals surface area contributed by atoms with E-state index in [2.05, 4.69) is 5.32 Å². The van der Waals surface area contributed by atoms with Gasteiger partial charge in [-0.3, -0.25) is 4.79 Å². The van der Waals surface area contributed by atoms with Crippen molar-refractivity contribution in [2.24, 2.45) is 16.7 Å². The van der Waals surface area contributed by atoms with Gasteiger partial charge >= 0.3 is 0 Å². The van der Waals surface area contributed by atoms with Gasteiger partial charge in [0.05, 0.1) is 25.3 Å². The van der Waals surface area contributed by atoms with Crippen molar-refractivity contribution in [3.05, 3.63) is 29.8 Å². The van der Waals surface area contributed by atoms with Crippen LogP contribution in [-0.2, 0) is 4.79 Å². The van der Waals surface area contributed by atoms with Crippen molar-refractivity contribution in [2.45, 2.75) is 37.8 Å². The molecule has 1 saturated carbocycles. The highest BCUT2D eigenvalue weighted by Gasteiger charge is 2.76. The van der Waals surface area contributed by atoms with Crippen LogP contribution in [-0.4, -0.2) is 23.8 Å². The molecule has 0 spiro atoms. The largest absolute Gasteiger partial charge is 0.497 e. The van der Waals surface area contributed by atoms with Crippen molar-refractivity contribution < 1.29 is 14.6 Å². The minimum atomic E-state index is -1.93. The van der Waals surface area contributed by atoms with E-state index >= 15 is 0 Å². The first-order valence-electron chi connectivity index (χ1n) is 8.80. The van der Waals surface area contributed by atoms with E-state index in [-0.39, 0.29) is 6.42 Å².